The van der Waals surface area contributed by atoms with Gasteiger partial charge >= 0.3 is 0 Å². The summed E-state index contributed by atoms with van der Waals surface area (Å²) in [6, 6.07) is 13.9. The molecule has 1 aliphatic heterocycles. The van der Waals surface area contributed by atoms with Crippen LogP contribution in [0.25, 0.3) is 11.6 Å². The molecular weight excluding hydrogens is 545 g/mol. The zero-order valence-corrected chi connectivity index (χ0v) is 21.7. The summed E-state index contributed by atoms with van der Waals surface area (Å²) in [6.45, 7) is 5.61. The molecule has 1 amide bonds. The van der Waals surface area contributed by atoms with E-state index in [1.54, 1.807) is 6.26 Å². The Labute approximate surface area is 216 Å². The number of nitrogens with zero attached hydrogens (tertiary/aromatic N) is 4. The molecule has 0 aliphatic carbocycles. The molecule has 3 aromatic rings. The number of rotatable bonds is 10. The van der Waals surface area contributed by atoms with Gasteiger partial charge in [-0.15, -0.1) is 24.0 Å². The third-order valence-corrected chi connectivity index (χ3v) is 5.59. The fourth-order valence-corrected chi connectivity index (χ4v) is 3.89. The standard InChI is InChI=1S/C24H31N7O2.HI/c1-2-25-24(26-12-10-21-28-23(30-29-21)20-9-6-14-33-20)27-16-19-15-22(32)31(17-19)13-11-18-7-4-3-5-8-18;/h3-9,14,19H,2,10-13,15-17H2,1H3,(H2,25,26,27)(H,28,29,30);1H. The molecule has 9 nitrogen and oxygen atoms in total. The second kappa shape index (κ2) is 13.1. The molecule has 1 unspecified atom stereocenters. The highest BCUT2D eigenvalue weighted by atomic mass is 127. The van der Waals surface area contributed by atoms with Crippen LogP contribution in [-0.4, -0.2) is 64.7 Å². The van der Waals surface area contributed by atoms with Crippen LogP contribution in [0.15, 0.2) is 58.1 Å². The van der Waals surface area contributed by atoms with Gasteiger partial charge in [-0.25, -0.2) is 4.98 Å². The third kappa shape index (κ3) is 7.31. The maximum absolute atomic E-state index is 12.4. The molecule has 1 saturated heterocycles. The summed E-state index contributed by atoms with van der Waals surface area (Å²) in [7, 11) is 0. The number of guanidine groups is 1. The Morgan fingerprint density at radius 3 is 2.82 bits per heavy atom. The van der Waals surface area contributed by atoms with E-state index in [-0.39, 0.29) is 35.8 Å². The number of hydrogen-bond donors (Lipinski definition) is 3. The Bertz CT molecular complexity index is 1040. The Morgan fingerprint density at radius 1 is 1.21 bits per heavy atom. The molecule has 34 heavy (non-hydrogen) atoms. The van der Waals surface area contributed by atoms with Gasteiger partial charge in [0.05, 0.1) is 6.26 Å². The van der Waals surface area contributed by atoms with Crippen molar-refractivity contribution >= 4 is 35.8 Å². The number of hydrogen-bond acceptors (Lipinski definition) is 5. The summed E-state index contributed by atoms with van der Waals surface area (Å²) in [5.74, 6) is 3.19. The van der Waals surface area contributed by atoms with Crippen molar-refractivity contribution in [1.29, 1.82) is 0 Å². The summed E-state index contributed by atoms with van der Waals surface area (Å²) < 4.78 is 5.32. The van der Waals surface area contributed by atoms with Gasteiger partial charge in [0.25, 0.3) is 0 Å². The molecule has 0 saturated carbocycles. The molecule has 0 radical (unpaired) electrons. The van der Waals surface area contributed by atoms with E-state index in [0.29, 0.717) is 37.5 Å². The van der Waals surface area contributed by atoms with E-state index in [1.165, 1.54) is 5.56 Å². The molecular formula is C24H32IN7O2. The van der Waals surface area contributed by atoms with Gasteiger partial charge in [0.2, 0.25) is 11.7 Å². The molecule has 3 heterocycles. The lowest BCUT2D eigenvalue weighted by molar-refractivity contribution is -0.127. The van der Waals surface area contributed by atoms with Crippen molar-refractivity contribution in [2.75, 3.05) is 32.7 Å². The van der Waals surface area contributed by atoms with Crippen molar-refractivity contribution in [3.63, 3.8) is 0 Å². The van der Waals surface area contributed by atoms with Gasteiger partial charge in [-0.2, -0.15) is 5.10 Å². The van der Waals surface area contributed by atoms with Crippen molar-refractivity contribution in [3.05, 3.63) is 60.1 Å². The zero-order valence-electron chi connectivity index (χ0n) is 19.4. The van der Waals surface area contributed by atoms with Gasteiger partial charge < -0.3 is 20.0 Å². The smallest absolute Gasteiger partial charge is 0.223 e. The van der Waals surface area contributed by atoms with E-state index in [0.717, 1.165) is 37.8 Å². The molecule has 3 N–H and O–H groups in total. The first kappa shape index (κ1) is 25.7. The maximum Gasteiger partial charge on any atom is 0.223 e. The average Bonchev–Trinajstić information content (AvgIpc) is 3.58. The fourth-order valence-electron chi connectivity index (χ4n) is 3.89. The number of carbonyl (C=O) groups is 1. The van der Waals surface area contributed by atoms with Crippen LogP contribution in [0.1, 0.15) is 24.7 Å². The molecule has 0 spiro atoms. The van der Waals surface area contributed by atoms with E-state index in [2.05, 4.69) is 37.9 Å². The zero-order chi connectivity index (χ0) is 22.9. The van der Waals surface area contributed by atoms with E-state index in [4.69, 9.17) is 9.41 Å². The minimum absolute atomic E-state index is 0. The SMILES string of the molecule is CCNC(=NCC1CC(=O)N(CCc2ccccc2)C1)NCCc1nc(-c2ccco2)n[nH]1.I. The summed E-state index contributed by atoms with van der Waals surface area (Å²) >= 11 is 0. The Hall–Kier alpha value is -2.89. The van der Waals surface area contributed by atoms with E-state index < -0.39 is 0 Å². The monoisotopic (exact) mass is 577 g/mol. The number of halogens is 1. The van der Waals surface area contributed by atoms with Gasteiger partial charge in [0.1, 0.15) is 5.82 Å². The Morgan fingerprint density at radius 2 is 2.06 bits per heavy atom. The van der Waals surface area contributed by atoms with Crippen LogP contribution in [0.2, 0.25) is 0 Å². The summed E-state index contributed by atoms with van der Waals surface area (Å²) in [4.78, 5) is 23.6. The quantitative estimate of drug-likeness (QED) is 0.194. The van der Waals surface area contributed by atoms with Gasteiger partial charge in [0.15, 0.2) is 11.7 Å². The predicted molar refractivity (Wildman–Crippen MR) is 142 cm³/mol. The first-order valence-corrected chi connectivity index (χ1v) is 11.5. The first-order valence-electron chi connectivity index (χ1n) is 11.5. The second-order valence-electron chi connectivity index (χ2n) is 8.12. The largest absolute Gasteiger partial charge is 0.461 e. The molecule has 1 aliphatic rings. The van der Waals surface area contributed by atoms with Crippen molar-refractivity contribution in [1.82, 2.24) is 30.7 Å². The summed E-state index contributed by atoms with van der Waals surface area (Å²) in [6.07, 6.45) is 3.72. The lowest BCUT2D eigenvalue weighted by atomic mass is 10.1. The van der Waals surface area contributed by atoms with E-state index >= 15 is 0 Å². The Balaban J connectivity index is 0.00000324. The van der Waals surface area contributed by atoms with Gasteiger partial charge in [-0.05, 0) is 31.0 Å². The second-order valence-corrected chi connectivity index (χ2v) is 8.12. The number of aromatic amines is 1. The van der Waals surface area contributed by atoms with Gasteiger partial charge in [-0.1, -0.05) is 30.3 Å². The predicted octanol–water partition coefficient (Wildman–Crippen LogP) is 2.87. The number of amides is 1. The highest BCUT2D eigenvalue weighted by Gasteiger charge is 2.29. The van der Waals surface area contributed by atoms with Crippen LogP contribution >= 0.6 is 24.0 Å². The van der Waals surface area contributed by atoms with Crippen molar-refractivity contribution in [3.8, 4) is 11.6 Å². The van der Waals surface area contributed by atoms with Gasteiger partial charge in [-0.3, -0.25) is 14.9 Å². The summed E-state index contributed by atoms with van der Waals surface area (Å²) in [5.41, 5.74) is 1.26. The number of aliphatic imine (C=N–C) groups is 1. The molecule has 1 fully saturated rings. The van der Waals surface area contributed by atoms with Crippen molar-refractivity contribution in [2.24, 2.45) is 10.9 Å². The lowest BCUT2D eigenvalue weighted by Gasteiger charge is -2.16. The van der Waals surface area contributed by atoms with Crippen molar-refractivity contribution < 1.29 is 9.21 Å². The lowest BCUT2D eigenvalue weighted by Crippen LogP contribution is -2.38. The normalized spacial score (nSPS) is 15.9. The van der Waals surface area contributed by atoms with Crippen LogP contribution in [0.3, 0.4) is 0 Å². The van der Waals surface area contributed by atoms with E-state index in [1.807, 2.05) is 42.2 Å². The summed E-state index contributed by atoms with van der Waals surface area (Å²) in [5, 5.41) is 13.7. The minimum Gasteiger partial charge on any atom is -0.461 e. The van der Waals surface area contributed by atoms with Crippen LogP contribution < -0.4 is 10.6 Å². The molecule has 2 aromatic heterocycles. The van der Waals surface area contributed by atoms with E-state index in [9.17, 15) is 4.79 Å². The molecule has 0 bridgehead atoms. The van der Waals surface area contributed by atoms with Gasteiger partial charge in [0, 0.05) is 51.5 Å². The molecule has 4 rings (SSSR count). The average molecular weight is 577 g/mol. The molecule has 10 heteroatoms. The Kier molecular flexibility index (Phi) is 9.92. The maximum atomic E-state index is 12.4. The molecule has 182 valence electrons. The first-order chi connectivity index (χ1) is 16.2. The topological polar surface area (TPSA) is 111 Å². The number of carbonyl (C=O) groups excluding carboxylic acids is 1. The molecule has 1 aromatic carbocycles. The van der Waals surface area contributed by atoms with Crippen molar-refractivity contribution in [2.45, 2.75) is 26.2 Å². The minimum atomic E-state index is 0. The number of aromatic nitrogens is 3. The molecule has 1 atom stereocenters. The highest BCUT2D eigenvalue weighted by molar-refractivity contribution is 14.0. The number of H-pyrrole nitrogens is 1. The third-order valence-electron chi connectivity index (χ3n) is 5.59. The number of benzene rings is 1. The van der Waals surface area contributed by atoms with Crippen LogP contribution in [0, 0.1) is 5.92 Å². The fraction of sp³-hybridized carbons (Fsp3) is 0.417. The highest BCUT2D eigenvalue weighted by Crippen LogP contribution is 2.19. The number of likely N-dealkylation sites (tertiary alicyclic amines) is 1. The van der Waals surface area contributed by atoms with Crippen LogP contribution in [0.5, 0.6) is 0 Å². The van der Waals surface area contributed by atoms with Crippen LogP contribution in [-0.2, 0) is 17.6 Å². The number of furan rings is 1. The van der Waals surface area contributed by atoms with Crippen LogP contribution in [0.4, 0.5) is 0 Å². The number of nitrogens with one attached hydrogen (secondary N) is 3.